The molecule has 0 aliphatic carbocycles. The molecule has 0 aromatic rings. The monoisotopic (exact) mass is 492 g/mol. The van der Waals surface area contributed by atoms with E-state index >= 15 is 0 Å². The summed E-state index contributed by atoms with van der Waals surface area (Å²) in [4.78, 5) is 4.37. The van der Waals surface area contributed by atoms with Gasteiger partial charge in [0.15, 0.2) is 6.29 Å². The first kappa shape index (κ1) is 27.9. The van der Waals surface area contributed by atoms with Crippen molar-refractivity contribution in [2.45, 2.75) is 88.2 Å². The molecule has 2 rings (SSSR count). The molecular formula is C22H40N2O6S2. The van der Waals surface area contributed by atoms with E-state index < -0.39 is 30.0 Å². The third-order valence-electron chi connectivity index (χ3n) is 5.46. The number of hydrogen-bond acceptors (Lipinski definition) is 9. The van der Waals surface area contributed by atoms with Crippen LogP contribution in [0.1, 0.15) is 46.0 Å². The van der Waals surface area contributed by atoms with E-state index in [1.54, 1.807) is 18.7 Å². The van der Waals surface area contributed by atoms with Crippen molar-refractivity contribution in [3.63, 3.8) is 0 Å². The molecule has 10 heteroatoms. The summed E-state index contributed by atoms with van der Waals surface area (Å²) in [5, 5.41) is 29.9. The zero-order valence-electron chi connectivity index (χ0n) is 19.2. The predicted octanol–water partition coefficient (Wildman–Crippen LogP) is 1.91. The number of thioether (sulfide) groups is 2. The Hall–Kier alpha value is -0.330. The van der Waals surface area contributed by atoms with Crippen LogP contribution in [0.3, 0.4) is 0 Å². The van der Waals surface area contributed by atoms with Crippen LogP contribution in [0.15, 0.2) is 17.1 Å². The zero-order valence-corrected chi connectivity index (χ0v) is 20.9. The number of hydrogen-bond donors (Lipinski definition) is 4. The molecule has 2 aliphatic rings. The van der Waals surface area contributed by atoms with Crippen LogP contribution in [0.2, 0.25) is 0 Å². The first-order valence-electron chi connectivity index (χ1n) is 11.4. The summed E-state index contributed by atoms with van der Waals surface area (Å²) in [5.41, 5.74) is 6.49. The lowest BCUT2D eigenvalue weighted by molar-refractivity contribution is -0.209. The molecule has 0 saturated carbocycles. The Morgan fingerprint density at radius 1 is 1.25 bits per heavy atom. The van der Waals surface area contributed by atoms with Gasteiger partial charge in [-0.2, -0.15) is 11.8 Å². The smallest absolute Gasteiger partial charge is 0.185 e. The molecule has 7 atom stereocenters. The van der Waals surface area contributed by atoms with E-state index in [1.807, 2.05) is 0 Å². The molecule has 0 aromatic heterocycles. The lowest BCUT2D eigenvalue weighted by Crippen LogP contribution is -2.44. The maximum absolute atomic E-state index is 10.2. The molecule has 32 heavy (non-hydrogen) atoms. The van der Waals surface area contributed by atoms with Crippen molar-refractivity contribution in [3.8, 4) is 0 Å². The Morgan fingerprint density at radius 3 is 2.75 bits per heavy atom. The van der Waals surface area contributed by atoms with Crippen LogP contribution in [0.4, 0.5) is 0 Å². The number of aliphatic hydroxyl groups excluding tert-OH is 3. The quantitative estimate of drug-likeness (QED) is 0.132. The van der Waals surface area contributed by atoms with Gasteiger partial charge in [-0.25, -0.2) is 0 Å². The van der Waals surface area contributed by atoms with Gasteiger partial charge in [-0.15, -0.1) is 11.8 Å². The van der Waals surface area contributed by atoms with Gasteiger partial charge in [0.05, 0.1) is 30.2 Å². The molecule has 2 aliphatic heterocycles. The minimum absolute atomic E-state index is 0.0426. The van der Waals surface area contributed by atoms with E-state index in [-0.39, 0.29) is 12.2 Å². The first-order chi connectivity index (χ1) is 15.3. The second-order valence-corrected chi connectivity index (χ2v) is 10.6. The summed E-state index contributed by atoms with van der Waals surface area (Å²) in [6.45, 7) is 9.14. The Kier molecular flexibility index (Phi) is 12.9. The van der Waals surface area contributed by atoms with Crippen LogP contribution in [-0.4, -0.2) is 93.8 Å². The van der Waals surface area contributed by atoms with Crippen LogP contribution < -0.4 is 5.73 Å². The van der Waals surface area contributed by atoms with Crippen LogP contribution >= 0.6 is 23.5 Å². The van der Waals surface area contributed by atoms with Gasteiger partial charge in [-0.05, 0) is 37.5 Å². The average Bonchev–Trinajstić information content (AvgIpc) is 2.73. The molecular weight excluding hydrogens is 452 g/mol. The Bertz CT molecular complexity index is 597. The van der Waals surface area contributed by atoms with Gasteiger partial charge in [0.25, 0.3) is 0 Å². The maximum atomic E-state index is 10.2. The van der Waals surface area contributed by atoms with Crippen molar-refractivity contribution >= 4 is 29.4 Å². The Labute approximate surface area is 200 Å². The first-order valence-corrected chi connectivity index (χ1v) is 13.6. The fourth-order valence-corrected chi connectivity index (χ4v) is 5.41. The molecule has 2 heterocycles. The minimum atomic E-state index is -0.927. The van der Waals surface area contributed by atoms with E-state index in [9.17, 15) is 15.3 Å². The van der Waals surface area contributed by atoms with Gasteiger partial charge in [0, 0.05) is 25.3 Å². The van der Waals surface area contributed by atoms with Gasteiger partial charge < -0.3 is 35.3 Å². The van der Waals surface area contributed by atoms with Crippen LogP contribution in [0.25, 0.3) is 0 Å². The number of ether oxygens (including phenoxy) is 3. The van der Waals surface area contributed by atoms with Crippen molar-refractivity contribution < 1.29 is 29.5 Å². The second kappa shape index (κ2) is 14.8. The molecule has 2 fully saturated rings. The molecule has 0 bridgehead atoms. The van der Waals surface area contributed by atoms with E-state index in [1.165, 1.54) is 11.8 Å². The fourth-order valence-electron chi connectivity index (χ4n) is 3.65. The highest BCUT2D eigenvalue weighted by Gasteiger charge is 2.34. The highest BCUT2D eigenvalue weighted by Crippen LogP contribution is 2.28. The lowest BCUT2D eigenvalue weighted by Gasteiger charge is -2.35. The molecule has 0 radical (unpaired) electrons. The highest BCUT2D eigenvalue weighted by atomic mass is 32.2. The molecule has 0 aromatic carbocycles. The number of nitrogens with zero attached hydrogens (tertiary/aromatic N) is 1. The van der Waals surface area contributed by atoms with Crippen LogP contribution in [0.5, 0.6) is 0 Å². The Balaban J connectivity index is 1.51. The second-order valence-electron chi connectivity index (χ2n) is 8.32. The molecule has 0 amide bonds. The summed E-state index contributed by atoms with van der Waals surface area (Å²) in [7, 11) is 0. The molecule has 2 saturated heterocycles. The summed E-state index contributed by atoms with van der Waals surface area (Å²) in [6.07, 6.45) is 0.925. The number of aliphatic hydroxyl groups is 3. The van der Waals surface area contributed by atoms with Crippen molar-refractivity contribution in [2.75, 3.05) is 30.4 Å². The number of rotatable bonds is 13. The normalized spacial score (nSPS) is 34.1. The van der Waals surface area contributed by atoms with Crippen LogP contribution in [-0.2, 0) is 14.2 Å². The molecule has 8 nitrogen and oxygen atoms in total. The van der Waals surface area contributed by atoms with Crippen LogP contribution in [0, 0.1) is 0 Å². The number of amidine groups is 1. The van der Waals surface area contributed by atoms with E-state index in [0.29, 0.717) is 31.2 Å². The SMILES string of the molecule is C=C1CC(CCC)OC(O)[C@H]1OCCCSCCN=C(N)CSC1OC(C)C(O)CC1O. The molecule has 5 N–H and O–H groups in total. The summed E-state index contributed by atoms with van der Waals surface area (Å²) in [5.74, 6) is 2.80. The largest absolute Gasteiger partial charge is 0.390 e. The third-order valence-corrected chi connectivity index (χ3v) is 7.72. The van der Waals surface area contributed by atoms with E-state index in [2.05, 4.69) is 18.5 Å². The third kappa shape index (κ3) is 9.50. The summed E-state index contributed by atoms with van der Waals surface area (Å²) in [6, 6.07) is 0. The van der Waals surface area contributed by atoms with Gasteiger partial charge in [0.1, 0.15) is 17.4 Å². The summed E-state index contributed by atoms with van der Waals surface area (Å²) < 4.78 is 17.0. The van der Waals surface area contributed by atoms with Crippen molar-refractivity contribution in [1.29, 1.82) is 0 Å². The highest BCUT2D eigenvalue weighted by molar-refractivity contribution is 8.00. The molecule has 6 unspecified atom stereocenters. The lowest BCUT2D eigenvalue weighted by atomic mass is 9.98. The molecule has 186 valence electrons. The van der Waals surface area contributed by atoms with E-state index in [4.69, 9.17) is 19.9 Å². The zero-order chi connectivity index (χ0) is 23.5. The summed E-state index contributed by atoms with van der Waals surface area (Å²) >= 11 is 3.19. The number of nitrogens with two attached hydrogens (primary N) is 1. The average molecular weight is 493 g/mol. The van der Waals surface area contributed by atoms with Gasteiger partial charge in [-0.3, -0.25) is 4.99 Å². The fraction of sp³-hybridized carbons (Fsp3) is 0.864. The number of aliphatic imine (C=N–C) groups is 1. The maximum Gasteiger partial charge on any atom is 0.185 e. The predicted molar refractivity (Wildman–Crippen MR) is 131 cm³/mol. The van der Waals surface area contributed by atoms with E-state index in [0.717, 1.165) is 42.8 Å². The Morgan fingerprint density at radius 2 is 2.03 bits per heavy atom. The van der Waals surface area contributed by atoms with Gasteiger partial charge in [-0.1, -0.05) is 19.9 Å². The van der Waals surface area contributed by atoms with Crippen molar-refractivity contribution in [3.05, 3.63) is 12.2 Å². The minimum Gasteiger partial charge on any atom is -0.390 e. The molecule has 0 spiro atoms. The van der Waals surface area contributed by atoms with Gasteiger partial charge >= 0.3 is 0 Å². The topological polar surface area (TPSA) is 127 Å². The van der Waals surface area contributed by atoms with Gasteiger partial charge in [0.2, 0.25) is 0 Å². The van der Waals surface area contributed by atoms with Crippen molar-refractivity contribution in [1.82, 2.24) is 0 Å². The van der Waals surface area contributed by atoms with Crippen molar-refractivity contribution in [2.24, 2.45) is 10.7 Å². The standard InChI is InChI=1S/C22H40N2O6S2/c1-4-6-16-11-14(2)20(21(27)30-16)28-8-5-9-31-10-7-24-19(23)13-32-22-18(26)12-17(25)15(3)29-22/h15-18,20-22,25-27H,2,4-13H2,1,3H3,(H2,23,24)/t15?,16?,17?,18?,20-,21?,22?/m0/s1.